The number of aromatic nitrogens is 1. The molecule has 0 radical (unpaired) electrons. The molecule has 0 saturated carbocycles. The second kappa shape index (κ2) is 4.12. The zero-order chi connectivity index (χ0) is 11.7. The molecule has 4 nitrogen and oxygen atoms in total. The molecular weight excluding hydrogens is 204 g/mol. The first kappa shape index (κ1) is 10.9. The maximum atomic E-state index is 12.1. The van der Waals surface area contributed by atoms with Gasteiger partial charge in [0.15, 0.2) is 0 Å². The summed E-state index contributed by atoms with van der Waals surface area (Å²) in [6.45, 7) is 4.98. The van der Waals surface area contributed by atoms with Crippen LogP contribution < -0.4 is 0 Å². The van der Waals surface area contributed by atoms with Crippen molar-refractivity contribution in [3.63, 3.8) is 0 Å². The van der Waals surface area contributed by atoms with Gasteiger partial charge in [-0.2, -0.15) is 0 Å². The Balaban J connectivity index is 2.19. The summed E-state index contributed by atoms with van der Waals surface area (Å²) < 4.78 is 0. The molecule has 0 aliphatic carbocycles. The van der Waals surface area contributed by atoms with E-state index in [4.69, 9.17) is 0 Å². The van der Waals surface area contributed by atoms with Crippen LogP contribution in [0.15, 0.2) is 18.5 Å². The molecule has 1 N–H and O–H groups in total. The second-order valence-electron chi connectivity index (χ2n) is 4.58. The number of amides is 1. The van der Waals surface area contributed by atoms with Crippen LogP contribution in [-0.2, 0) is 0 Å². The highest BCUT2D eigenvalue weighted by atomic mass is 16.3. The maximum Gasteiger partial charge on any atom is 0.255 e. The number of pyridine rings is 1. The molecule has 2 heterocycles. The third-order valence-corrected chi connectivity index (χ3v) is 3.02. The van der Waals surface area contributed by atoms with Crippen molar-refractivity contribution in [2.75, 3.05) is 6.54 Å². The van der Waals surface area contributed by atoms with Crippen LogP contribution in [0.25, 0.3) is 0 Å². The average Bonchev–Trinajstić information content (AvgIpc) is 2.57. The van der Waals surface area contributed by atoms with Gasteiger partial charge in [0.05, 0.1) is 11.8 Å². The maximum absolute atomic E-state index is 12.1. The molecule has 2 rings (SSSR count). The Hall–Kier alpha value is -1.58. The van der Waals surface area contributed by atoms with Crippen LogP contribution in [0.4, 0.5) is 0 Å². The molecule has 0 aromatic carbocycles. The van der Waals surface area contributed by atoms with Gasteiger partial charge in [-0.15, -0.1) is 0 Å². The fourth-order valence-corrected chi connectivity index (χ4v) is 2.29. The van der Waals surface area contributed by atoms with Crippen LogP contribution in [0, 0.1) is 5.92 Å². The lowest BCUT2D eigenvalue weighted by Gasteiger charge is -2.21. The summed E-state index contributed by atoms with van der Waals surface area (Å²) in [5.41, 5.74) is 0.459. The van der Waals surface area contributed by atoms with E-state index in [1.807, 2.05) is 4.90 Å². The molecule has 1 aliphatic rings. The third kappa shape index (κ3) is 2.01. The van der Waals surface area contributed by atoms with Gasteiger partial charge in [-0.3, -0.25) is 9.78 Å². The number of likely N-dealkylation sites (tertiary alicyclic amines) is 1. The Morgan fingerprint density at radius 2 is 2.25 bits per heavy atom. The number of carbonyl (C=O) groups excluding carboxylic acids is 1. The van der Waals surface area contributed by atoms with Crippen LogP contribution in [0.5, 0.6) is 5.75 Å². The molecule has 2 unspecified atom stereocenters. The van der Waals surface area contributed by atoms with Gasteiger partial charge in [-0.25, -0.2) is 0 Å². The highest BCUT2D eigenvalue weighted by Crippen LogP contribution is 2.24. The van der Waals surface area contributed by atoms with Gasteiger partial charge in [-0.05, 0) is 25.3 Å². The van der Waals surface area contributed by atoms with Crippen molar-refractivity contribution < 1.29 is 9.90 Å². The van der Waals surface area contributed by atoms with Crippen molar-refractivity contribution in [3.8, 4) is 5.75 Å². The SMILES string of the molecule is CC1CC(C)N(C(=O)c2cncc(O)c2)C1. The molecule has 4 heteroatoms. The standard InChI is InChI=1S/C12H16N2O2/c1-8-3-9(2)14(7-8)12(16)10-4-11(15)6-13-5-10/h4-6,8-9,15H,3,7H2,1-2H3. The Morgan fingerprint density at radius 3 is 2.81 bits per heavy atom. The Bertz CT molecular complexity index is 406. The summed E-state index contributed by atoms with van der Waals surface area (Å²) >= 11 is 0. The number of hydrogen-bond donors (Lipinski definition) is 1. The van der Waals surface area contributed by atoms with Crippen LogP contribution >= 0.6 is 0 Å². The fourth-order valence-electron chi connectivity index (χ4n) is 2.29. The number of hydrogen-bond acceptors (Lipinski definition) is 3. The molecule has 1 fully saturated rings. The normalized spacial score (nSPS) is 24.8. The minimum absolute atomic E-state index is 0.0331. The van der Waals surface area contributed by atoms with Crippen LogP contribution in [0.1, 0.15) is 30.6 Å². The van der Waals surface area contributed by atoms with E-state index in [-0.39, 0.29) is 17.7 Å². The third-order valence-electron chi connectivity index (χ3n) is 3.02. The number of rotatable bonds is 1. The largest absolute Gasteiger partial charge is 0.506 e. The Morgan fingerprint density at radius 1 is 1.50 bits per heavy atom. The number of aromatic hydroxyl groups is 1. The molecule has 1 aliphatic heterocycles. The molecular formula is C12H16N2O2. The van der Waals surface area contributed by atoms with E-state index in [2.05, 4.69) is 18.8 Å². The van der Waals surface area contributed by atoms with Crippen molar-refractivity contribution in [2.24, 2.45) is 5.92 Å². The van der Waals surface area contributed by atoms with Gasteiger partial charge < -0.3 is 10.0 Å². The fraction of sp³-hybridized carbons (Fsp3) is 0.500. The quantitative estimate of drug-likeness (QED) is 0.783. The molecule has 1 amide bonds. The molecule has 1 aromatic rings. The van der Waals surface area contributed by atoms with Crippen molar-refractivity contribution in [1.29, 1.82) is 0 Å². The molecule has 0 spiro atoms. The molecule has 1 aromatic heterocycles. The monoisotopic (exact) mass is 220 g/mol. The van der Waals surface area contributed by atoms with Crippen LogP contribution in [0.2, 0.25) is 0 Å². The van der Waals surface area contributed by atoms with Crippen molar-refractivity contribution in [3.05, 3.63) is 24.0 Å². The lowest BCUT2D eigenvalue weighted by atomic mass is 10.1. The summed E-state index contributed by atoms with van der Waals surface area (Å²) in [5, 5.41) is 9.29. The summed E-state index contributed by atoms with van der Waals surface area (Å²) in [6.07, 6.45) is 3.86. The lowest BCUT2D eigenvalue weighted by molar-refractivity contribution is 0.0743. The molecule has 2 atom stereocenters. The first-order valence-corrected chi connectivity index (χ1v) is 5.53. The zero-order valence-electron chi connectivity index (χ0n) is 9.55. The van der Waals surface area contributed by atoms with E-state index in [9.17, 15) is 9.90 Å². The average molecular weight is 220 g/mol. The van der Waals surface area contributed by atoms with Gasteiger partial charge >= 0.3 is 0 Å². The van der Waals surface area contributed by atoms with Crippen LogP contribution in [0.3, 0.4) is 0 Å². The molecule has 86 valence electrons. The topological polar surface area (TPSA) is 53.4 Å². The van der Waals surface area contributed by atoms with E-state index in [0.29, 0.717) is 11.5 Å². The first-order valence-electron chi connectivity index (χ1n) is 5.53. The van der Waals surface area contributed by atoms with Gasteiger partial charge in [0.1, 0.15) is 5.75 Å². The van der Waals surface area contributed by atoms with Gasteiger partial charge in [0, 0.05) is 18.8 Å². The van der Waals surface area contributed by atoms with Crippen LogP contribution in [-0.4, -0.2) is 33.5 Å². The van der Waals surface area contributed by atoms with E-state index < -0.39 is 0 Å². The molecule has 16 heavy (non-hydrogen) atoms. The van der Waals surface area contributed by atoms with Crippen molar-refractivity contribution in [2.45, 2.75) is 26.3 Å². The summed E-state index contributed by atoms with van der Waals surface area (Å²) in [6, 6.07) is 1.73. The van der Waals surface area contributed by atoms with Gasteiger partial charge in [0.25, 0.3) is 5.91 Å². The predicted octanol–water partition coefficient (Wildman–Crippen LogP) is 1.66. The molecule has 0 bridgehead atoms. The number of nitrogens with zero attached hydrogens (tertiary/aromatic N) is 2. The van der Waals surface area contributed by atoms with E-state index in [1.54, 1.807) is 0 Å². The first-order chi connectivity index (χ1) is 7.58. The van der Waals surface area contributed by atoms with Gasteiger partial charge in [0.2, 0.25) is 0 Å². The minimum atomic E-state index is -0.0414. The Kier molecular flexibility index (Phi) is 2.81. The summed E-state index contributed by atoms with van der Waals surface area (Å²) in [5.74, 6) is 0.537. The zero-order valence-corrected chi connectivity index (χ0v) is 9.55. The summed E-state index contributed by atoms with van der Waals surface area (Å²) in [7, 11) is 0. The van der Waals surface area contributed by atoms with Gasteiger partial charge in [-0.1, -0.05) is 6.92 Å². The van der Waals surface area contributed by atoms with E-state index in [0.717, 1.165) is 13.0 Å². The highest BCUT2D eigenvalue weighted by molar-refractivity contribution is 5.94. The minimum Gasteiger partial charge on any atom is -0.506 e. The molecule has 1 saturated heterocycles. The Labute approximate surface area is 94.9 Å². The van der Waals surface area contributed by atoms with E-state index >= 15 is 0 Å². The van der Waals surface area contributed by atoms with Crippen molar-refractivity contribution in [1.82, 2.24) is 9.88 Å². The highest BCUT2D eigenvalue weighted by Gasteiger charge is 2.30. The number of carbonyl (C=O) groups is 1. The second-order valence-corrected chi connectivity index (χ2v) is 4.58. The summed E-state index contributed by atoms with van der Waals surface area (Å²) in [4.78, 5) is 17.8. The van der Waals surface area contributed by atoms with Crippen molar-refractivity contribution >= 4 is 5.91 Å². The predicted molar refractivity (Wildman–Crippen MR) is 60.2 cm³/mol. The van der Waals surface area contributed by atoms with E-state index in [1.165, 1.54) is 18.5 Å². The lowest BCUT2D eigenvalue weighted by Crippen LogP contribution is -2.33. The smallest absolute Gasteiger partial charge is 0.255 e.